The fourth-order valence-corrected chi connectivity index (χ4v) is 7.56. The molecule has 13 heteroatoms. The summed E-state index contributed by atoms with van der Waals surface area (Å²) >= 11 is 12.3. The minimum atomic E-state index is -3.80. The molecule has 3 rings (SSSR count). The summed E-state index contributed by atoms with van der Waals surface area (Å²) in [5.74, 6) is -1.18. The number of hydrogen-bond acceptors (Lipinski definition) is 6. The van der Waals surface area contributed by atoms with Crippen LogP contribution in [0.1, 0.15) is 32.3 Å². The van der Waals surface area contributed by atoms with Gasteiger partial charge in [0.2, 0.25) is 26.0 Å². The highest BCUT2D eigenvalue weighted by molar-refractivity contribution is 7.89. The zero-order chi connectivity index (χ0) is 26.7. The molecular formula is C23H29Cl2N3O6S2. The smallest absolute Gasteiger partial charge is 0.240 e. The third kappa shape index (κ3) is 6.90. The minimum Gasteiger partial charge on any atom is -0.495 e. The standard InChI is InChI=1S/C23H29Cl2N3O6S2/c1-15(2)27-36(32,33)17-9-10-22(34-3)21(12-17)26-23(29)16-6-5-11-28(13-16)35(30,31)14-18-19(24)7-4-8-20(18)25/h4,7-10,12,15-16,27H,5-6,11,13-14H2,1-3H3,(H,26,29)/t16-/m1/s1. The Labute approximate surface area is 222 Å². The molecule has 198 valence electrons. The Morgan fingerprint density at radius 3 is 2.42 bits per heavy atom. The molecule has 0 spiro atoms. The van der Waals surface area contributed by atoms with Crippen molar-refractivity contribution < 1.29 is 26.4 Å². The number of carbonyl (C=O) groups is 1. The van der Waals surface area contributed by atoms with Gasteiger partial charge in [-0.15, -0.1) is 0 Å². The van der Waals surface area contributed by atoms with E-state index in [1.54, 1.807) is 32.0 Å². The molecule has 0 saturated carbocycles. The molecule has 1 saturated heterocycles. The molecular weight excluding hydrogens is 549 g/mol. The van der Waals surface area contributed by atoms with Gasteiger partial charge in [0, 0.05) is 34.7 Å². The summed E-state index contributed by atoms with van der Waals surface area (Å²) in [6, 6.07) is 8.62. The van der Waals surface area contributed by atoms with Crippen molar-refractivity contribution in [1.29, 1.82) is 0 Å². The predicted octanol–water partition coefficient (Wildman–Crippen LogP) is 3.87. The topological polar surface area (TPSA) is 122 Å². The van der Waals surface area contributed by atoms with Gasteiger partial charge in [0.25, 0.3) is 0 Å². The van der Waals surface area contributed by atoms with E-state index in [4.69, 9.17) is 27.9 Å². The number of piperidine rings is 1. The molecule has 1 heterocycles. The van der Waals surface area contributed by atoms with E-state index < -0.39 is 31.9 Å². The van der Waals surface area contributed by atoms with Crippen LogP contribution in [0.4, 0.5) is 5.69 Å². The van der Waals surface area contributed by atoms with Crippen molar-refractivity contribution in [1.82, 2.24) is 9.03 Å². The lowest BCUT2D eigenvalue weighted by atomic mass is 9.98. The number of amides is 1. The molecule has 0 bridgehead atoms. The maximum absolute atomic E-state index is 13.1. The second-order valence-electron chi connectivity index (χ2n) is 8.78. The molecule has 1 aliphatic heterocycles. The van der Waals surface area contributed by atoms with E-state index in [2.05, 4.69) is 10.0 Å². The largest absolute Gasteiger partial charge is 0.495 e. The maximum atomic E-state index is 13.1. The number of anilines is 1. The van der Waals surface area contributed by atoms with Crippen molar-refractivity contribution in [2.75, 3.05) is 25.5 Å². The van der Waals surface area contributed by atoms with Crippen molar-refractivity contribution in [3.63, 3.8) is 0 Å². The van der Waals surface area contributed by atoms with Crippen molar-refractivity contribution in [3.05, 3.63) is 52.0 Å². The first kappa shape index (κ1) is 28.7. The zero-order valence-electron chi connectivity index (χ0n) is 20.1. The fourth-order valence-electron chi connectivity index (χ4n) is 3.92. The van der Waals surface area contributed by atoms with Crippen molar-refractivity contribution in [2.45, 2.75) is 43.4 Å². The van der Waals surface area contributed by atoms with Crippen LogP contribution in [-0.4, -0.2) is 53.3 Å². The Kier molecular flexibility index (Phi) is 9.29. The van der Waals surface area contributed by atoms with Gasteiger partial charge in [-0.25, -0.2) is 25.9 Å². The first-order valence-electron chi connectivity index (χ1n) is 11.3. The number of carbonyl (C=O) groups excluding carboxylic acids is 1. The van der Waals surface area contributed by atoms with Crippen LogP contribution < -0.4 is 14.8 Å². The van der Waals surface area contributed by atoms with Crippen molar-refractivity contribution >= 4 is 54.8 Å². The van der Waals surface area contributed by atoms with E-state index in [0.29, 0.717) is 18.4 Å². The Bertz CT molecular complexity index is 1310. The van der Waals surface area contributed by atoms with E-state index in [1.807, 2.05) is 0 Å². The molecule has 0 aromatic heterocycles. The van der Waals surface area contributed by atoms with Gasteiger partial charge >= 0.3 is 0 Å². The first-order valence-corrected chi connectivity index (χ1v) is 15.1. The van der Waals surface area contributed by atoms with Crippen LogP contribution in [0.5, 0.6) is 5.75 Å². The summed E-state index contributed by atoms with van der Waals surface area (Å²) in [4.78, 5) is 13.1. The SMILES string of the molecule is COc1ccc(S(=O)(=O)NC(C)C)cc1NC(=O)[C@@H]1CCCN(S(=O)(=O)Cc2c(Cl)cccc2Cl)C1. The number of nitrogens with one attached hydrogen (secondary N) is 2. The Hall–Kier alpha value is -1.89. The number of benzene rings is 2. The fraction of sp³-hybridized carbons (Fsp3) is 0.435. The summed E-state index contributed by atoms with van der Waals surface area (Å²) in [5.41, 5.74) is 0.488. The molecule has 2 aromatic rings. The Balaban J connectivity index is 1.78. The van der Waals surface area contributed by atoms with Gasteiger partial charge in [0.15, 0.2) is 0 Å². The average molecular weight is 579 g/mol. The zero-order valence-corrected chi connectivity index (χ0v) is 23.3. The predicted molar refractivity (Wildman–Crippen MR) is 140 cm³/mol. The number of rotatable bonds is 9. The maximum Gasteiger partial charge on any atom is 0.240 e. The summed E-state index contributed by atoms with van der Waals surface area (Å²) in [6.45, 7) is 3.65. The monoisotopic (exact) mass is 577 g/mol. The highest BCUT2D eigenvalue weighted by Gasteiger charge is 2.33. The molecule has 1 fully saturated rings. The van der Waals surface area contributed by atoms with E-state index in [0.717, 1.165) is 0 Å². The Morgan fingerprint density at radius 1 is 1.14 bits per heavy atom. The molecule has 1 amide bonds. The van der Waals surface area contributed by atoms with E-state index >= 15 is 0 Å². The van der Waals surface area contributed by atoms with Crippen LogP contribution in [0, 0.1) is 5.92 Å². The Morgan fingerprint density at radius 2 is 1.81 bits per heavy atom. The third-order valence-corrected chi connectivity index (χ3v) is 9.80. The first-order chi connectivity index (χ1) is 16.8. The average Bonchev–Trinajstić information content (AvgIpc) is 2.81. The van der Waals surface area contributed by atoms with Gasteiger partial charge in [-0.05, 0) is 57.0 Å². The molecule has 36 heavy (non-hydrogen) atoms. The minimum absolute atomic E-state index is 0.0224. The summed E-state index contributed by atoms with van der Waals surface area (Å²) in [7, 11) is -6.19. The number of halogens is 2. The highest BCUT2D eigenvalue weighted by Crippen LogP contribution is 2.31. The van der Waals surface area contributed by atoms with Gasteiger partial charge in [-0.1, -0.05) is 29.3 Å². The molecule has 0 aliphatic carbocycles. The molecule has 2 aromatic carbocycles. The van der Waals surface area contributed by atoms with Crippen LogP contribution in [0.3, 0.4) is 0 Å². The molecule has 1 aliphatic rings. The number of sulfonamides is 2. The van der Waals surface area contributed by atoms with Crippen LogP contribution in [-0.2, 0) is 30.6 Å². The van der Waals surface area contributed by atoms with E-state index in [1.165, 1.54) is 29.6 Å². The number of methoxy groups -OCH3 is 1. The third-order valence-electron chi connectivity index (χ3n) is 5.67. The van der Waals surface area contributed by atoms with Crippen LogP contribution >= 0.6 is 23.2 Å². The molecule has 0 radical (unpaired) electrons. The van der Waals surface area contributed by atoms with E-state index in [9.17, 15) is 21.6 Å². The quantitative estimate of drug-likeness (QED) is 0.466. The molecule has 1 atom stereocenters. The second kappa shape index (κ2) is 11.7. The highest BCUT2D eigenvalue weighted by atomic mass is 35.5. The van der Waals surface area contributed by atoms with Crippen molar-refractivity contribution in [3.8, 4) is 5.75 Å². The second-order valence-corrected chi connectivity index (χ2v) is 13.3. The van der Waals surface area contributed by atoms with Gasteiger partial charge in [-0.2, -0.15) is 0 Å². The number of nitrogens with zero attached hydrogens (tertiary/aromatic N) is 1. The van der Waals surface area contributed by atoms with Crippen molar-refractivity contribution in [2.24, 2.45) is 5.92 Å². The van der Waals surface area contributed by atoms with Gasteiger partial charge < -0.3 is 10.1 Å². The molecule has 2 N–H and O–H groups in total. The lowest BCUT2D eigenvalue weighted by Gasteiger charge is -2.31. The van der Waals surface area contributed by atoms with Gasteiger partial charge in [0.05, 0.1) is 29.4 Å². The summed E-state index contributed by atoms with van der Waals surface area (Å²) in [6.07, 6.45) is 0.956. The number of hydrogen-bond donors (Lipinski definition) is 2. The number of ether oxygens (including phenoxy) is 1. The van der Waals surface area contributed by atoms with Crippen LogP contribution in [0.25, 0.3) is 0 Å². The lowest BCUT2D eigenvalue weighted by Crippen LogP contribution is -2.44. The van der Waals surface area contributed by atoms with Crippen LogP contribution in [0.2, 0.25) is 10.0 Å². The molecule has 9 nitrogen and oxygen atoms in total. The summed E-state index contributed by atoms with van der Waals surface area (Å²) in [5, 5.41) is 3.23. The van der Waals surface area contributed by atoms with Gasteiger partial charge in [0.1, 0.15) is 5.75 Å². The lowest BCUT2D eigenvalue weighted by molar-refractivity contribution is -0.120. The van der Waals surface area contributed by atoms with E-state index in [-0.39, 0.29) is 51.3 Å². The molecule has 0 unspecified atom stereocenters. The normalized spacial score (nSPS) is 17.2. The van der Waals surface area contributed by atoms with Crippen LogP contribution in [0.15, 0.2) is 41.3 Å². The summed E-state index contributed by atoms with van der Waals surface area (Å²) < 4.78 is 60.4. The van der Waals surface area contributed by atoms with Gasteiger partial charge in [-0.3, -0.25) is 4.79 Å².